The van der Waals surface area contributed by atoms with Crippen LogP contribution in [0.15, 0.2) is 12.7 Å². The molecule has 0 aliphatic heterocycles. The van der Waals surface area contributed by atoms with Gasteiger partial charge in [-0.25, -0.2) is 29.1 Å². The summed E-state index contributed by atoms with van der Waals surface area (Å²) >= 11 is 0. The molecular weight excluding hydrogens is 376 g/mol. The van der Waals surface area contributed by atoms with E-state index in [1.54, 1.807) is 0 Å². The molecule has 0 unspecified atom stereocenters. The molecule has 0 radical (unpaired) electrons. The van der Waals surface area contributed by atoms with Gasteiger partial charge in [0.15, 0.2) is 0 Å². The second-order valence-electron chi connectivity index (χ2n) is 5.48. The number of hydrogen-bond acceptors (Lipinski definition) is 8. The third-order valence-corrected chi connectivity index (χ3v) is 3.52. The summed E-state index contributed by atoms with van der Waals surface area (Å²) in [5.74, 6) is -3.63. The van der Waals surface area contributed by atoms with E-state index in [4.69, 9.17) is 10.2 Å². The Morgan fingerprint density at radius 3 is 1.50 bits per heavy atom. The molecule has 0 aliphatic rings. The number of hydrogen-bond donors (Lipinski definition) is 4. The lowest BCUT2D eigenvalue weighted by Crippen LogP contribution is -2.33. The van der Waals surface area contributed by atoms with E-state index in [1.165, 1.54) is 0 Å². The lowest BCUT2D eigenvalue weighted by Gasteiger charge is -2.07. The number of nitrogens with zero attached hydrogens (tertiary/aromatic N) is 6. The number of amides is 2. The molecule has 14 heteroatoms. The minimum Gasteiger partial charge on any atom is -0.475 e. The Bertz CT molecular complexity index is 789. The smallest absolute Gasteiger partial charge is 0.374 e. The summed E-state index contributed by atoms with van der Waals surface area (Å²) in [5.41, 5.74) is 0. The topological polar surface area (TPSA) is 194 Å². The first-order valence-corrected chi connectivity index (χ1v) is 8.25. The van der Waals surface area contributed by atoms with Crippen LogP contribution in [0.2, 0.25) is 0 Å². The molecule has 0 saturated heterocycles. The van der Waals surface area contributed by atoms with Crippen LogP contribution in [-0.2, 0) is 0 Å². The van der Waals surface area contributed by atoms with Crippen LogP contribution >= 0.6 is 0 Å². The highest BCUT2D eigenvalue weighted by molar-refractivity contribution is 5.89. The van der Waals surface area contributed by atoms with Gasteiger partial charge in [0.05, 0.1) is 0 Å². The Hall–Kier alpha value is -3.84. The number of rotatable bonds is 9. The third-order valence-electron chi connectivity index (χ3n) is 3.52. The minimum absolute atomic E-state index is 0.324. The molecule has 4 N–H and O–H groups in total. The van der Waals surface area contributed by atoms with Gasteiger partial charge >= 0.3 is 24.0 Å². The molecule has 2 heterocycles. The van der Waals surface area contributed by atoms with Gasteiger partial charge in [-0.1, -0.05) is 12.8 Å². The van der Waals surface area contributed by atoms with Gasteiger partial charge in [0, 0.05) is 13.1 Å². The summed E-state index contributed by atoms with van der Waals surface area (Å²) in [7, 11) is 0. The molecule has 0 atom stereocenters. The van der Waals surface area contributed by atoms with Gasteiger partial charge in [0.1, 0.15) is 12.7 Å². The molecule has 0 saturated carbocycles. The van der Waals surface area contributed by atoms with E-state index in [0.717, 1.165) is 25.5 Å². The lowest BCUT2D eigenvalue weighted by atomic mass is 10.2. The molecule has 2 aromatic heterocycles. The quantitative estimate of drug-likeness (QED) is 0.408. The lowest BCUT2D eigenvalue weighted by molar-refractivity contribution is 0.0668. The van der Waals surface area contributed by atoms with Crippen molar-refractivity contribution in [2.75, 3.05) is 13.1 Å². The maximum Gasteiger partial charge on any atom is 0.374 e. The summed E-state index contributed by atoms with van der Waals surface area (Å²) in [6, 6.07) is -1.35. The fourth-order valence-electron chi connectivity index (χ4n) is 2.22. The van der Waals surface area contributed by atoms with E-state index in [-0.39, 0.29) is 0 Å². The fraction of sp³-hybridized carbons (Fsp3) is 0.429. The predicted octanol–water partition coefficient (Wildman–Crippen LogP) is -0.358. The van der Waals surface area contributed by atoms with Gasteiger partial charge in [0.25, 0.3) is 0 Å². The molecule has 2 rings (SSSR count). The molecule has 2 aromatic rings. The summed E-state index contributed by atoms with van der Waals surface area (Å²) in [6.45, 7) is 0.649. The standard InChI is InChI=1S/C14H18N8O6/c23-11(24)9-17-7-19-21(9)13(27)15-5-3-1-2-4-6-16-14(28)22-10(12(25)26)18-8-20-22/h7-8H,1-6H2,(H,15,27)(H,16,28)(H,23,24)(H,25,26). The van der Waals surface area contributed by atoms with Crippen molar-refractivity contribution in [1.82, 2.24) is 40.2 Å². The van der Waals surface area contributed by atoms with Gasteiger partial charge in [-0.05, 0) is 12.8 Å². The van der Waals surface area contributed by atoms with Crippen molar-refractivity contribution in [3.05, 3.63) is 24.3 Å². The largest absolute Gasteiger partial charge is 0.475 e. The van der Waals surface area contributed by atoms with Crippen LogP contribution in [0.25, 0.3) is 0 Å². The molecule has 2 amide bonds. The maximum atomic E-state index is 11.8. The minimum atomic E-state index is -1.35. The van der Waals surface area contributed by atoms with Crippen LogP contribution in [0.1, 0.15) is 46.9 Å². The molecule has 0 aliphatic carbocycles. The van der Waals surface area contributed by atoms with Gasteiger partial charge in [-0.15, -0.1) is 10.2 Å². The van der Waals surface area contributed by atoms with Gasteiger partial charge < -0.3 is 20.8 Å². The van der Waals surface area contributed by atoms with E-state index in [2.05, 4.69) is 30.8 Å². The average molecular weight is 394 g/mol. The first kappa shape index (κ1) is 20.5. The zero-order valence-electron chi connectivity index (χ0n) is 14.6. The molecule has 28 heavy (non-hydrogen) atoms. The Kier molecular flexibility index (Phi) is 7.13. The highest BCUT2D eigenvalue weighted by Crippen LogP contribution is 2.00. The molecule has 0 aromatic carbocycles. The van der Waals surface area contributed by atoms with Crippen molar-refractivity contribution in [3.8, 4) is 0 Å². The van der Waals surface area contributed by atoms with Crippen LogP contribution in [0.3, 0.4) is 0 Å². The molecule has 14 nitrogen and oxygen atoms in total. The summed E-state index contributed by atoms with van der Waals surface area (Å²) in [6.07, 6.45) is 4.75. The molecule has 0 bridgehead atoms. The van der Waals surface area contributed by atoms with E-state index >= 15 is 0 Å². The van der Waals surface area contributed by atoms with Crippen molar-refractivity contribution in [3.63, 3.8) is 0 Å². The summed E-state index contributed by atoms with van der Waals surface area (Å²) in [4.78, 5) is 52.3. The number of aromatic nitrogens is 6. The average Bonchev–Trinajstić information content (AvgIpc) is 3.32. The van der Waals surface area contributed by atoms with Crippen molar-refractivity contribution < 1.29 is 29.4 Å². The zero-order chi connectivity index (χ0) is 20.5. The summed E-state index contributed by atoms with van der Waals surface area (Å²) in [5, 5.41) is 29.9. The Morgan fingerprint density at radius 2 is 1.14 bits per heavy atom. The van der Waals surface area contributed by atoms with Gasteiger partial charge in [-0.2, -0.15) is 9.36 Å². The first-order valence-electron chi connectivity index (χ1n) is 8.25. The molecule has 150 valence electrons. The van der Waals surface area contributed by atoms with E-state index in [1.807, 2.05) is 0 Å². The van der Waals surface area contributed by atoms with Crippen LogP contribution in [0.5, 0.6) is 0 Å². The SMILES string of the molecule is O=C(O)c1ncnn1C(=O)NCCCCCCNC(=O)n1ncnc1C(=O)O. The summed E-state index contributed by atoms with van der Waals surface area (Å²) < 4.78 is 1.35. The monoisotopic (exact) mass is 394 g/mol. The predicted molar refractivity (Wildman–Crippen MR) is 90.0 cm³/mol. The zero-order valence-corrected chi connectivity index (χ0v) is 14.6. The number of carboxylic acid groups (broad SMARTS) is 2. The number of carbonyl (C=O) groups is 4. The normalized spacial score (nSPS) is 10.4. The Balaban J connectivity index is 1.58. The molecule has 0 spiro atoms. The van der Waals surface area contributed by atoms with Crippen LogP contribution in [0, 0.1) is 0 Å². The van der Waals surface area contributed by atoms with Crippen LogP contribution < -0.4 is 10.6 Å². The van der Waals surface area contributed by atoms with Gasteiger partial charge in [0.2, 0.25) is 11.6 Å². The number of carboxylic acids is 2. The van der Waals surface area contributed by atoms with Crippen LogP contribution in [-0.4, -0.2) is 76.8 Å². The highest BCUT2D eigenvalue weighted by atomic mass is 16.4. The number of aromatic carboxylic acids is 2. The number of nitrogens with one attached hydrogen (secondary N) is 2. The van der Waals surface area contributed by atoms with Crippen molar-refractivity contribution in [2.24, 2.45) is 0 Å². The number of carbonyl (C=O) groups excluding carboxylic acids is 2. The fourth-order valence-corrected chi connectivity index (χ4v) is 2.22. The van der Waals surface area contributed by atoms with E-state index in [9.17, 15) is 19.2 Å². The van der Waals surface area contributed by atoms with Crippen molar-refractivity contribution in [1.29, 1.82) is 0 Å². The van der Waals surface area contributed by atoms with Gasteiger partial charge in [-0.3, -0.25) is 0 Å². The van der Waals surface area contributed by atoms with E-state index in [0.29, 0.717) is 35.3 Å². The van der Waals surface area contributed by atoms with Crippen molar-refractivity contribution in [2.45, 2.75) is 25.7 Å². The first-order chi connectivity index (χ1) is 13.4. The third kappa shape index (κ3) is 5.33. The molecule has 0 fully saturated rings. The maximum absolute atomic E-state index is 11.8. The Labute approximate surface area is 157 Å². The van der Waals surface area contributed by atoms with E-state index < -0.39 is 35.6 Å². The Morgan fingerprint density at radius 1 is 0.750 bits per heavy atom. The second kappa shape index (κ2) is 9.75. The van der Waals surface area contributed by atoms with Crippen molar-refractivity contribution >= 4 is 24.0 Å². The molecular formula is C14H18N8O6. The highest BCUT2D eigenvalue weighted by Gasteiger charge is 2.18. The number of unbranched alkanes of at least 4 members (excludes halogenated alkanes) is 3. The van der Waals surface area contributed by atoms with Crippen LogP contribution in [0.4, 0.5) is 9.59 Å². The second-order valence-corrected chi connectivity index (χ2v) is 5.48.